The molecule has 1 fully saturated rings. The first-order valence-corrected chi connectivity index (χ1v) is 6.65. The van der Waals surface area contributed by atoms with Crippen molar-refractivity contribution in [2.45, 2.75) is 45.4 Å². The fourth-order valence-corrected chi connectivity index (χ4v) is 2.47. The normalized spacial score (nSPS) is 24.2. The summed E-state index contributed by atoms with van der Waals surface area (Å²) in [6.45, 7) is 9.51. The lowest BCUT2D eigenvalue weighted by Gasteiger charge is -2.32. The molecule has 1 amide bonds. The lowest BCUT2D eigenvalue weighted by Crippen LogP contribution is -2.45. The molecule has 1 saturated heterocycles. The quantitative estimate of drug-likeness (QED) is 0.751. The molecule has 0 saturated carbocycles. The van der Waals surface area contributed by atoms with Gasteiger partial charge >= 0.3 is 7.12 Å². The monoisotopic (exact) mass is 262 g/mol. The molecular formula is C13H19BN2O3. The van der Waals surface area contributed by atoms with Crippen LogP contribution in [0.1, 0.15) is 38.2 Å². The first-order valence-electron chi connectivity index (χ1n) is 6.65. The van der Waals surface area contributed by atoms with Crippen LogP contribution in [0, 0.1) is 0 Å². The zero-order valence-corrected chi connectivity index (χ0v) is 11.8. The first kappa shape index (κ1) is 12.8. The largest absolute Gasteiger partial charge is 0.512 e. The van der Waals surface area contributed by atoms with E-state index < -0.39 is 7.12 Å². The van der Waals surface area contributed by atoms with Gasteiger partial charge in [-0.15, -0.1) is 0 Å². The number of fused-ring (bicyclic) bond motifs is 1. The van der Waals surface area contributed by atoms with Gasteiger partial charge in [0.2, 0.25) is 0 Å². The average Bonchev–Trinajstić information content (AvgIpc) is 2.80. The number of hydrogen-bond donors (Lipinski definition) is 1. The fourth-order valence-electron chi connectivity index (χ4n) is 2.47. The maximum Gasteiger partial charge on any atom is 0.512 e. The molecular weight excluding hydrogens is 243 g/mol. The number of nitrogens with one attached hydrogen (secondary N) is 1. The summed E-state index contributed by atoms with van der Waals surface area (Å²) in [5.74, 6) is -0.0333. The molecule has 0 unspecified atom stereocenters. The second kappa shape index (κ2) is 3.87. The van der Waals surface area contributed by atoms with Crippen molar-refractivity contribution < 1.29 is 14.1 Å². The first-order chi connectivity index (χ1) is 8.82. The third-order valence-electron chi connectivity index (χ3n) is 4.36. The van der Waals surface area contributed by atoms with E-state index >= 15 is 0 Å². The van der Waals surface area contributed by atoms with Gasteiger partial charge in [-0.1, -0.05) is 0 Å². The fraction of sp³-hybridized carbons (Fsp3) is 0.615. The van der Waals surface area contributed by atoms with Crippen LogP contribution in [0.3, 0.4) is 0 Å². The number of hydrogen-bond acceptors (Lipinski definition) is 3. The topological polar surface area (TPSA) is 52.5 Å². The highest BCUT2D eigenvalue weighted by atomic mass is 16.7. The third-order valence-corrected chi connectivity index (χ3v) is 4.36. The minimum Gasteiger partial charge on any atom is -0.398 e. The van der Waals surface area contributed by atoms with Gasteiger partial charge < -0.3 is 19.2 Å². The van der Waals surface area contributed by atoms with Crippen LogP contribution in [0.15, 0.2) is 12.1 Å². The molecule has 1 aromatic rings. The van der Waals surface area contributed by atoms with E-state index in [2.05, 4.69) is 5.32 Å². The van der Waals surface area contributed by atoms with E-state index in [-0.39, 0.29) is 17.1 Å². The van der Waals surface area contributed by atoms with Gasteiger partial charge in [-0.25, -0.2) is 0 Å². The standard InChI is InChI=1S/C13H19BN2O3/c1-12(2)13(3,4)19-14(18-12)10-6-5-9-11(17)15-7-8-16(9)10/h5-6H,7-8H2,1-4H3,(H,15,17). The minimum absolute atomic E-state index is 0.0333. The molecule has 1 N–H and O–H groups in total. The van der Waals surface area contributed by atoms with Gasteiger partial charge in [0.1, 0.15) is 5.69 Å². The molecule has 0 radical (unpaired) electrons. The summed E-state index contributed by atoms with van der Waals surface area (Å²) < 4.78 is 14.1. The van der Waals surface area contributed by atoms with Gasteiger partial charge in [0.05, 0.1) is 11.2 Å². The van der Waals surface area contributed by atoms with Crippen molar-refractivity contribution in [1.82, 2.24) is 9.88 Å². The third kappa shape index (κ3) is 1.82. The van der Waals surface area contributed by atoms with E-state index in [1.54, 1.807) is 0 Å². The number of nitrogens with zero attached hydrogens (tertiary/aromatic N) is 1. The number of amides is 1. The van der Waals surface area contributed by atoms with Crippen LogP contribution in [-0.4, -0.2) is 35.3 Å². The van der Waals surface area contributed by atoms with Crippen molar-refractivity contribution in [1.29, 1.82) is 0 Å². The van der Waals surface area contributed by atoms with E-state index in [1.165, 1.54) is 0 Å². The maximum atomic E-state index is 11.8. The number of rotatable bonds is 1. The van der Waals surface area contributed by atoms with Gasteiger partial charge in [-0.3, -0.25) is 4.79 Å². The van der Waals surface area contributed by atoms with E-state index in [4.69, 9.17) is 9.31 Å². The van der Waals surface area contributed by atoms with Gasteiger partial charge in [0.25, 0.3) is 5.91 Å². The van der Waals surface area contributed by atoms with E-state index in [9.17, 15) is 4.79 Å². The van der Waals surface area contributed by atoms with E-state index in [0.717, 1.165) is 12.1 Å². The molecule has 3 heterocycles. The smallest absolute Gasteiger partial charge is 0.398 e. The molecule has 6 heteroatoms. The van der Waals surface area contributed by atoms with Gasteiger partial charge in [-0.2, -0.15) is 0 Å². The summed E-state index contributed by atoms with van der Waals surface area (Å²) >= 11 is 0. The molecule has 0 spiro atoms. The highest BCUT2D eigenvalue weighted by Crippen LogP contribution is 2.36. The Labute approximate surface area is 113 Å². The summed E-state index contributed by atoms with van der Waals surface area (Å²) in [6.07, 6.45) is 0. The van der Waals surface area contributed by atoms with Gasteiger partial charge in [0, 0.05) is 18.7 Å². The van der Waals surface area contributed by atoms with Crippen molar-refractivity contribution >= 4 is 18.6 Å². The Morgan fingerprint density at radius 2 is 1.84 bits per heavy atom. The van der Waals surface area contributed by atoms with Crippen LogP contribution < -0.4 is 10.9 Å². The Morgan fingerprint density at radius 3 is 2.47 bits per heavy atom. The Bertz CT molecular complexity index is 520. The highest BCUT2D eigenvalue weighted by molar-refractivity contribution is 6.61. The molecule has 3 rings (SSSR count). The van der Waals surface area contributed by atoms with Gasteiger partial charge in [0.15, 0.2) is 0 Å². The van der Waals surface area contributed by atoms with Crippen molar-refractivity contribution in [3.05, 3.63) is 17.8 Å². The Balaban J connectivity index is 1.95. The summed E-state index contributed by atoms with van der Waals surface area (Å²) in [5.41, 5.74) is 0.873. The molecule has 0 bridgehead atoms. The summed E-state index contributed by atoms with van der Waals surface area (Å²) in [4.78, 5) is 11.8. The van der Waals surface area contributed by atoms with Crippen molar-refractivity contribution in [3.8, 4) is 0 Å². The second-order valence-electron chi connectivity index (χ2n) is 6.14. The summed E-state index contributed by atoms with van der Waals surface area (Å²) in [5, 5.41) is 2.83. The van der Waals surface area contributed by atoms with Crippen LogP contribution >= 0.6 is 0 Å². The van der Waals surface area contributed by atoms with Crippen LogP contribution in [0.4, 0.5) is 0 Å². The van der Waals surface area contributed by atoms with Crippen LogP contribution in [0.2, 0.25) is 0 Å². The Morgan fingerprint density at radius 1 is 1.21 bits per heavy atom. The summed E-state index contributed by atoms with van der Waals surface area (Å²) in [7, 11) is -0.412. The van der Waals surface area contributed by atoms with Crippen molar-refractivity contribution in [2.75, 3.05) is 6.54 Å². The maximum absolute atomic E-state index is 11.8. The molecule has 0 atom stereocenters. The van der Waals surface area contributed by atoms with Crippen LogP contribution in [0.25, 0.3) is 0 Å². The number of carbonyl (C=O) groups is 1. The lowest BCUT2D eigenvalue weighted by molar-refractivity contribution is 0.00578. The van der Waals surface area contributed by atoms with E-state index in [1.807, 2.05) is 44.4 Å². The SMILES string of the molecule is CC1(C)OB(c2ccc3n2CCNC3=O)OC1(C)C. The number of carbonyl (C=O) groups excluding carboxylic acids is 1. The van der Waals surface area contributed by atoms with E-state index in [0.29, 0.717) is 12.2 Å². The Hall–Kier alpha value is -1.27. The molecule has 2 aliphatic heterocycles. The average molecular weight is 262 g/mol. The van der Waals surface area contributed by atoms with Gasteiger partial charge in [-0.05, 0) is 39.8 Å². The molecule has 102 valence electrons. The molecule has 19 heavy (non-hydrogen) atoms. The minimum atomic E-state index is -0.412. The second-order valence-corrected chi connectivity index (χ2v) is 6.14. The number of aromatic nitrogens is 1. The molecule has 5 nitrogen and oxygen atoms in total. The molecule has 1 aromatic heterocycles. The summed E-state index contributed by atoms with van der Waals surface area (Å²) in [6, 6.07) is 3.75. The predicted molar refractivity (Wildman–Crippen MR) is 72.5 cm³/mol. The van der Waals surface area contributed by atoms with Crippen LogP contribution in [-0.2, 0) is 15.9 Å². The van der Waals surface area contributed by atoms with Crippen molar-refractivity contribution in [2.24, 2.45) is 0 Å². The zero-order chi connectivity index (χ0) is 13.8. The predicted octanol–water partition coefficient (Wildman–Crippen LogP) is 0.531. The molecule has 2 aliphatic rings. The zero-order valence-electron chi connectivity index (χ0n) is 11.8. The highest BCUT2D eigenvalue weighted by Gasteiger charge is 2.52. The molecule has 0 aliphatic carbocycles. The van der Waals surface area contributed by atoms with Crippen LogP contribution in [0.5, 0.6) is 0 Å². The lowest BCUT2D eigenvalue weighted by atomic mass is 9.84. The Kier molecular flexibility index (Phi) is 2.60. The molecule has 0 aromatic carbocycles. The van der Waals surface area contributed by atoms with Crippen molar-refractivity contribution in [3.63, 3.8) is 0 Å².